The molecule has 1 aromatic rings. The second-order valence-corrected chi connectivity index (χ2v) is 4.58. The molecule has 16 heavy (non-hydrogen) atoms. The van der Waals surface area contributed by atoms with Gasteiger partial charge in [-0.3, -0.25) is 4.79 Å². The summed E-state index contributed by atoms with van der Waals surface area (Å²) in [6.45, 7) is 9.04. The summed E-state index contributed by atoms with van der Waals surface area (Å²) in [4.78, 5) is 16.1. The van der Waals surface area contributed by atoms with Gasteiger partial charge in [-0.15, -0.1) is 0 Å². The van der Waals surface area contributed by atoms with Crippen LogP contribution in [0.2, 0.25) is 0 Å². The summed E-state index contributed by atoms with van der Waals surface area (Å²) in [5.41, 5.74) is 0. The molecular formula is C12H21N3O. The Morgan fingerprint density at radius 1 is 1.44 bits per heavy atom. The fourth-order valence-electron chi connectivity index (χ4n) is 1.51. The third-order valence-corrected chi connectivity index (χ3v) is 2.97. The Kier molecular flexibility index (Phi) is 4.65. The molecule has 1 rings (SSSR count). The first-order chi connectivity index (χ1) is 7.56. The smallest absolute Gasteiger partial charge is 0.143 e. The van der Waals surface area contributed by atoms with Crippen LogP contribution >= 0.6 is 0 Å². The average Bonchev–Trinajstić information content (AvgIpc) is 2.65. The number of rotatable bonds is 6. The Bertz CT molecular complexity index is 344. The van der Waals surface area contributed by atoms with E-state index in [1.807, 2.05) is 11.6 Å². The Labute approximate surface area is 97.1 Å². The van der Waals surface area contributed by atoms with Gasteiger partial charge in [0, 0.05) is 12.5 Å². The number of Topliss-reactive ketones (excluding diaryl/α,β-unsaturated/α-hetero) is 1. The first-order valence-electron chi connectivity index (χ1n) is 5.95. The van der Waals surface area contributed by atoms with Gasteiger partial charge < -0.3 is 0 Å². The topological polar surface area (TPSA) is 47.8 Å². The normalized spacial score (nSPS) is 13.1. The first-order valence-corrected chi connectivity index (χ1v) is 5.95. The van der Waals surface area contributed by atoms with Gasteiger partial charge in [0.25, 0.3) is 0 Å². The van der Waals surface area contributed by atoms with Crippen molar-refractivity contribution in [3.8, 4) is 0 Å². The number of hydrogen-bond acceptors (Lipinski definition) is 3. The molecule has 0 aliphatic carbocycles. The van der Waals surface area contributed by atoms with Crippen LogP contribution in [0.1, 0.15) is 39.9 Å². The molecule has 0 radical (unpaired) electrons. The van der Waals surface area contributed by atoms with Crippen molar-refractivity contribution in [2.75, 3.05) is 0 Å². The summed E-state index contributed by atoms with van der Waals surface area (Å²) in [6.07, 6.45) is 2.93. The summed E-state index contributed by atoms with van der Waals surface area (Å²) >= 11 is 0. The van der Waals surface area contributed by atoms with E-state index in [2.05, 4.69) is 30.9 Å². The molecule has 4 nitrogen and oxygen atoms in total. The van der Waals surface area contributed by atoms with E-state index in [4.69, 9.17) is 0 Å². The van der Waals surface area contributed by atoms with Crippen molar-refractivity contribution in [3.05, 3.63) is 12.2 Å². The van der Waals surface area contributed by atoms with E-state index < -0.39 is 0 Å². The molecule has 0 aromatic carbocycles. The SMILES string of the molecule is CCCn1ncnc1CC(=O)C(C)C(C)C. The summed E-state index contributed by atoms with van der Waals surface area (Å²) in [7, 11) is 0. The van der Waals surface area contributed by atoms with Crippen LogP contribution in [0.5, 0.6) is 0 Å². The van der Waals surface area contributed by atoms with Gasteiger partial charge in [0.2, 0.25) is 0 Å². The van der Waals surface area contributed by atoms with Gasteiger partial charge in [0.1, 0.15) is 17.9 Å². The van der Waals surface area contributed by atoms with E-state index in [-0.39, 0.29) is 11.7 Å². The number of carbonyl (C=O) groups excluding carboxylic acids is 1. The number of aryl methyl sites for hydroxylation is 1. The van der Waals surface area contributed by atoms with Gasteiger partial charge in [-0.1, -0.05) is 27.7 Å². The van der Waals surface area contributed by atoms with Crippen LogP contribution in [0.3, 0.4) is 0 Å². The van der Waals surface area contributed by atoms with Crippen molar-refractivity contribution in [3.63, 3.8) is 0 Å². The quantitative estimate of drug-likeness (QED) is 0.742. The molecule has 1 aromatic heterocycles. The zero-order valence-electron chi connectivity index (χ0n) is 10.6. The van der Waals surface area contributed by atoms with Crippen molar-refractivity contribution in [2.45, 2.75) is 47.1 Å². The van der Waals surface area contributed by atoms with Crippen LogP contribution in [0.25, 0.3) is 0 Å². The predicted molar refractivity (Wildman–Crippen MR) is 63.0 cm³/mol. The van der Waals surface area contributed by atoms with E-state index >= 15 is 0 Å². The molecular weight excluding hydrogens is 202 g/mol. The molecule has 0 bridgehead atoms. The van der Waals surface area contributed by atoms with Crippen LogP contribution in [-0.2, 0) is 17.8 Å². The van der Waals surface area contributed by atoms with Gasteiger partial charge in [-0.05, 0) is 12.3 Å². The zero-order chi connectivity index (χ0) is 12.1. The molecule has 0 aliphatic heterocycles. The van der Waals surface area contributed by atoms with Gasteiger partial charge in [-0.2, -0.15) is 5.10 Å². The Balaban J connectivity index is 2.65. The van der Waals surface area contributed by atoms with E-state index in [1.54, 1.807) is 0 Å². The fraction of sp³-hybridized carbons (Fsp3) is 0.750. The molecule has 0 aliphatic rings. The number of carbonyl (C=O) groups is 1. The Morgan fingerprint density at radius 3 is 2.69 bits per heavy atom. The lowest BCUT2D eigenvalue weighted by atomic mass is 9.92. The molecule has 1 unspecified atom stereocenters. The summed E-state index contributed by atoms with van der Waals surface area (Å²) in [5.74, 6) is 1.52. The van der Waals surface area contributed by atoms with E-state index in [1.165, 1.54) is 6.33 Å². The molecule has 1 atom stereocenters. The standard InChI is InChI=1S/C12H21N3O/c1-5-6-15-12(13-8-14-15)7-11(16)10(4)9(2)3/h8-10H,5-7H2,1-4H3. The molecule has 0 saturated carbocycles. The highest BCUT2D eigenvalue weighted by molar-refractivity contribution is 5.82. The van der Waals surface area contributed by atoms with Gasteiger partial charge >= 0.3 is 0 Å². The van der Waals surface area contributed by atoms with Crippen LogP contribution < -0.4 is 0 Å². The minimum atomic E-state index is 0.0896. The molecule has 0 N–H and O–H groups in total. The largest absolute Gasteiger partial charge is 0.299 e. The van der Waals surface area contributed by atoms with Crippen LogP contribution in [0.4, 0.5) is 0 Å². The van der Waals surface area contributed by atoms with Crippen molar-refractivity contribution >= 4 is 5.78 Å². The third kappa shape index (κ3) is 3.15. The average molecular weight is 223 g/mol. The molecule has 0 saturated heterocycles. The van der Waals surface area contributed by atoms with Crippen molar-refractivity contribution in [2.24, 2.45) is 11.8 Å². The lowest BCUT2D eigenvalue weighted by Gasteiger charge is -2.13. The molecule has 0 spiro atoms. The van der Waals surface area contributed by atoms with Gasteiger partial charge in [-0.25, -0.2) is 9.67 Å². The van der Waals surface area contributed by atoms with Crippen LogP contribution in [0.15, 0.2) is 6.33 Å². The minimum Gasteiger partial charge on any atom is -0.299 e. The van der Waals surface area contributed by atoms with Crippen molar-refractivity contribution < 1.29 is 4.79 Å². The molecule has 4 heteroatoms. The molecule has 0 fully saturated rings. The maximum Gasteiger partial charge on any atom is 0.143 e. The highest BCUT2D eigenvalue weighted by Gasteiger charge is 2.19. The lowest BCUT2D eigenvalue weighted by Crippen LogP contribution is -2.21. The summed E-state index contributed by atoms with van der Waals surface area (Å²) in [5, 5.41) is 4.12. The first kappa shape index (κ1) is 12.9. The maximum atomic E-state index is 11.9. The van der Waals surface area contributed by atoms with E-state index in [0.29, 0.717) is 12.3 Å². The van der Waals surface area contributed by atoms with Crippen LogP contribution in [0, 0.1) is 11.8 Å². The summed E-state index contributed by atoms with van der Waals surface area (Å²) in [6, 6.07) is 0. The molecule has 0 amide bonds. The van der Waals surface area contributed by atoms with Gasteiger partial charge in [0.05, 0.1) is 6.42 Å². The van der Waals surface area contributed by atoms with Crippen molar-refractivity contribution in [1.82, 2.24) is 14.8 Å². The zero-order valence-corrected chi connectivity index (χ0v) is 10.6. The van der Waals surface area contributed by atoms with Crippen molar-refractivity contribution in [1.29, 1.82) is 0 Å². The Hall–Kier alpha value is -1.19. The number of hydrogen-bond donors (Lipinski definition) is 0. The third-order valence-electron chi connectivity index (χ3n) is 2.97. The predicted octanol–water partition coefficient (Wildman–Crippen LogP) is 2.09. The lowest BCUT2D eigenvalue weighted by molar-refractivity contribution is -0.123. The van der Waals surface area contributed by atoms with E-state index in [0.717, 1.165) is 18.8 Å². The second-order valence-electron chi connectivity index (χ2n) is 4.58. The number of aromatic nitrogens is 3. The minimum absolute atomic E-state index is 0.0896. The van der Waals surface area contributed by atoms with Gasteiger partial charge in [0.15, 0.2) is 0 Å². The molecule has 90 valence electrons. The second kappa shape index (κ2) is 5.77. The van der Waals surface area contributed by atoms with E-state index in [9.17, 15) is 4.79 Å². The Morgan fingerprint density at radius 2 is 2.12 bits per heavy atom. The highest BCUT2D eigenvalue weighted by Crippen LogP contribution is 2.13. The number of nitrogens with zero attached hydrogens (tertiary/aromatic N) is 3. The summed E-state index contributed by atoms with van der Waals surface area (Å²) < 4.78 is 1.82. The monoisotopic (exact) mass is 223 g/mol. The fourth-order valence-corrected chi connectivity index (χ4v) is 1.51. The molecule has 1 heterocycles. The number of ketones is 1. The maximum absolute atomic E-state index is 11.9. The highest BCUT2D eigenvalue weighted by atomic mass is 16.1. The van der Waals surface area contributed by atoms with Crippen LogP contribution in [-0.4, -0.2) is 20.5 Å².